The van der Waals surface area contributed by atoms with Gasteiger partial charge in [0.25, 0.3) is 0 Å². The SMILES string of the molecule is CN1[P+](N2CCCCC2)(N2CCCC2)N[P+](N2CCCCC2)(N2CCCC2)N[P+]1(N1CCCC1)N1CCCC1. The number of nitrogens with one attached hydrogen (secondary N) is 2. The van der Waals surface area contributed by atoms with Gasteiger partial charge in [-0.25, -0.2) is 0 Å². The molecule has 39 heavy (non-hydrogen) atoms. The van der Waals surface area contributed by atoms with Crippen LogP contribution in [-0.2, 0) is 0 Å². The van der Waals surface area contributed by atoms with E-state index >= 15 is 0 Å². The second kappa shape index (κ2) is 12.1. The molecule has 0 aromatic heterocycles. The summed E-state index contributed by atoms with van der Waals surface area (Å²) in [5, 5.41) is 0. The zero-order valence-corrected chi connectivity index (χ0v) is 27.5. The van der Waals surface area contributed by atoms with Gasteiger partial charge in [0, 0.05) is 92.7 Å². The zero-order chi connectivity index (χ0) is 26.3. The molecule has 7 fully saturated rings. The van der Waals surface area contributed by atoms with Crippen molar-refractivity contribution >= 4 is 23.6 Å². The summed E-state index contributed by atoms with van der Waals surface area (Å²) in [7, 11) is -3.24. The molecule has 0 amide bonds. The van der Waals surface area contributed by atoms with Gasteiger partial charge in [0.05, 0.1) is 7.05 Å². The first-order valence-corrected chi connectivity index (χ1v) is 21.7. The first kappa shape index (κ1) is 28.7. The van der Waals surface area contributed by atoms with Crippen molar-refractivity contribution in [3.63, 3.8) is 0 Å². The summed E-state index contributed by atoms with van der Waals surface area (Å²) in [6, 6.07) is 0. The molecule has 0 aliphatic carbocycles. The predicted octanol–water partition coefficient (Wildman–Crippen LogP) is 5.50. The lowest BCUT2D eigenvalue weighted by Crippen LogP contribution is -2.65. The van der Waals surface area contributed by atoms with Gasteiger partial charge in [-0.2, -0.15) is 0 Å². The fraction of sp³-hybridized carbons (Fsp3) is 1.00. The molecule has 222 valence electrons. The second-order valence-electron chi connectivity index (χ2n) is 13.1. The molecule has 2 atom stereocenters. The zero-order valence-electron chi connectivity index (χ0n) is 24.9. The molecule has 0 radical (unpaired) electrons. The minimum Gasteiger partial charge on any atom is -0.128 e. The molecule has 7 heterocycles. The lowest BCUT2D eigenvalue weighted by atomic mass is 10.2. The first-order chi connectivity index (χ1) is 19.2. The molecule has 0 aromatic rings. The van der Waals surface area contributed by atoms with Gasteiger partial charge in [-0.3, -0.25) is 0 Å². The first-order valence-electron chi connectivity index (χ1n) is 16.7. The minimum atomic E-state index is -1.96. The quantitative estimate of drug-likeness (QED) is 0.385. The maximum absolute atomic E-state index is 4.87. The van der Waals surface area contributed by atoms with E-state index in [1.54, 1.807) is 0 Å². The predicted molar refractivity (Wildman–Crippen MR) is 169 cm³/mol. The van der Waals surface area contributed by atoms with Crippen LogP contribution >= 0.6 is 23.6 Å². The van der Waals surface area contributed by atoms with E-state index in [1.807, 2.05) is 0 Å². The smallest absolute Gasteiger partial charge is 0.128 e. The Morgan fingerprint density at radius 2 is 0.564 bits per heavy atom. The van der Waals surface area contributed by atoms with E-state index in [2.05, 4.69) is 39.5 Å². The molecule has 0 saturated carbocycles. The van der Waals surface area contributed by atoms with Crippen molar-refractivity contribution in [1.29, 1.82) is 0 Å². The average molecular weight is 601 g/mol. The Kier molecular flexibility index (Phi) is 8.93. The number of piperidine rings is 2. The number of hydrogen-bond acceptors (Lipinski definition) is 9. The maximum atomic E-state index is 4.87. The molecule has 7 rings (SSSR count). The fourth-order valence-corrected chi connectivity index (χ4v) is 28.5. The van der Waals surface area contributed by atoms with Gasteiger partial charge in [0.2, 0.25) is 0 Å². The molecule has 0 bridgehead atoms. The normalized spacial score (nSPS) is 39.3. The molecule has 9 nitrogen and oxygen atoms in total. The van der Waals surface area contributed by atoms with Crippen LogP contribution in [0.1, 0.15) is 89.9 Å². The van der Waals surface area contributed by atoms with E-state index in [-0.39, 0.29) is 0 Å². The van der Waals surface area contributed by atoms with E-state index in [4.69, 9.17) is 9.72 Å². The van der Waals surface area contributed by atoms with E-state index in [0.29, 0.717) is 0 Å². The van der Waals surface area contributed by atoms with Gasteiger partial charge in [-0.1, -0.05) is 12.8 Å². The highest BCUT2D eigenvalue weighted by molar-refractivity contribution is 7.96. The van der Waals surface area contributed by atoms with Crippen molar-refractivity contribution in [3.05, 3.63) is 0 Å². The molecular weight excluding hydrogens is 543 g/mol. The summed E-state index contributed by atoms with van der Waals surface area (Å²) in [5.41, 5.74) is 0. The van der Waals surface area contributed by atoms with E-state index < -0.39 is 23.6 Å². The van der Waals surface area contributed by atoms with Crippen LogP contribution in [0.5, 0.6) is 0 Å². The van der Waals surface area contributed by atoms with Crippen molar-refractivity contribution in [2.45, 2.75) is 89.9 Å². The third-order valence-electron chi connectivity index (χ3n) is 10.7. The van der Waals surface area contributed by atoms with Crippen LogP contribution in [0.3, 0.4) is 0 Å². The van der Waals surface area contributed by atoms with Gasteiger partial charge in [0.1, 0.15) is 0 Å². The summed E-state index contributed by atoms with van der Waals surface area (Å²) in [6.45, 7) is 15.3. The summed E-state index contributed by atoms with van der Waals surface area (Å²) >= 11 is 0. The summed E-state index contributed by atoms with van der Waals surface area (Å²) in [4.78, 5) is 9.73. The summed E-state index contributed by atoms with van der Waals surface area (Å²) < 4.78 is 21.3. The topological polar surface area (TPSA) is 46.7 Å². The maximum Gasteiger partial charge on any atom is 0.382 e. The molecule has 7 saturated heterocycles. The Balaban J connectivity index is 1.44. The van der Waals surface area contributed by atoms with Crippen molar-refractivity contribution in [2.75, 3.05) is 85.6 Å². The van der Waals surface area contributed by atoms with Crippen molar-refractivity contribution in [2.24, 2.45) is 0 Å². The largest absolute Gasteiger partial charge is 0.382 e. The highest BCUT2D eigenvalue weighted by Gasteiger charge is 2.86. The Labute approximate surface area is 241 Å². The van der Waals surface area contributed by atoms with Gasteiger partial charge in [-0.05, 0) is 77.0 Å². The van der Waals surface area contributed by atoms with Crippen LogP contribution in [0.25, 0.3) is 0 Å². The standard InChI is InChI=1S/C27H57N9P3/c1-30-38(34-22-10-11-23-34,33-20-6-3-7-21-33)28-37(32-18-8-9-19-32,31-16-4-2-5-17-31)29-39(30,35-24-12-13-25-35)36-26-14-15-27-36/h28-29H,2-27H2,1H3/q+3. The van der Waals surface area contributed by atoms with Crippen LogP contribution in [-0.4, -0.2) is 118 Å². The van der Waals surface area contributed by atoms with Crippen molar-refractivity contribution in [1.82, 2.24) is 42.2 Å². The van der Waals surface area contributed by atoms with Gasteiger partial charge >= 0.3 is 23.6 Å². The highest BCUT2D eigenvalue weighted by atomic mass is 31.3. The van der Waals surface area contributed by atoms with Crippen molar-refractivity contribution in [3.8, 4) is 0 Å². The molecule has 12 heteroatoms. The average Bonchev–Trinajstić information content (AvgIpc) is 3.82. The number of hydrogen-bond donors (Lipinski definition) is 2. The fourth-order valence-electron chi connectivity index (χ4n) is 8.73. The van der Waals surface area contributed by atoms with Crippen LogP contribution in [0.15, 0.2) is 0 Å². The van der Waals surface area contributed by atoms with Crippen LogP contribution in [0, 0.1) is 0 Å². The Bertz CT molecular complexity index is 803. The van der Waals surface area contributed by atoms with E-state index in [9.17, 15) is 0 Å². The summed E-state index contributed by atoms with van der Waals surface area (Å²) in [6.07, 6.45) is 19.3. The van der Waals surface area contributed by atoms with Gasteiger partial charge < -0.3 is 0 Å². The van der Waals surface area contributed by atoms with Gasteiger partial charge in [-0.15, -0.1) is 28.0 Å². The molecule has 7 aliphatic rings. The Hall–Kier alpha value is 0.930. The van der Waals surface area contributed by atoms with Crippen molar-refractivity contribution < 1.29 is 0 Å². The minimum absolute atomic E-state index is 1.27. The molecule has 0 spiro atoms. The lowest BCUT2D eigenvalue weighted by molar-refractivity contribution is 0.292. The third kappa shape index (κ3) is 4.82. The Morgan fingerprint density at radius 3 is 0.846 bits per heavy atom. The second-order valence-corrected chi connectivity index (χ2v) is 23.1. The van der Waals surface area contributed by atoms with Crippen LogP contribution in [0.4, 0.5) is 0 Å². The summed E-state index contributed by atoms with van der Waals surface area (Å²) in [5.74, 6) is 0. The molecule has 0 aromatic carbocycles. The van der Waals surface area contributed by atoms with Gasteiger partial charge in [0.15, 0.2) is 0 Å². The van der Waals surface area contributed by atoms with E-state index in [1.165, 1.54) is 168 Å². The Morgan fingerprint density at radius 1 is 0.333 bits per heavy atom. The molecule has 7 aliphatic heterocycles. The molecule has 2 N–H and O–H groups in total. The van der Waals surface area contributed by atoms with Crippen LogP contribution in [0.2, 0.25) is 0 Å². The lowest BCUT2D eigenvalue weighted by Gasteiger charge is -2.56. The molecule has 2 unspecified atom stereocenters. The van der Waals surface area contributed by atoms with Crippen LogP contribution < -0.4 is 9.72 Å². The number of nitrogens with zero attached hydrogens (tertiary/aromatic N) is 7. The van der Waals surface area contributed by atoms with E-state index in [0.717, 1.165) is 0 Å². The molecular formula is C27H57N9P3+3. The highest BCUT2D eigenvalue weighted by Crippen LogP contribution is 2.91. The third-order valence-corrected chi connectivity index (χ3v) is 25.4. The monoisotopic (exact) mass is 600 g/mol. The number of rotatable bonds is 6.